The lowest BCUT2D eigenvalue weighted by Gasteiger charge is -2.38. The monoisotopic (exact) mass is 680 g/mol. The molecule has 0 radical (unpaired) electrons. The molecule has 4 aromatic rings. The minimum absolute atomic E-state index is 0.344. The molecule has 0 aliphatic carbocycles. The molecular weight excluding hydrogens is 629 g/mol. The first kappa shape index (κ1) is 37.3. The van der Waals surface area contributed by atoms with Crippen LogP contribution in [-0.4, -0.2) is 63.0 Å². The highest BCUT2D eigenvalue weighted by Crippen LogP contribution is 2.41. The Bertz CT molecular complexity index is 1870. The topological polar surface area (TPSA) is 102 Å². The van der Waals surface area contributed by atoms with Crippen LogP contribution in [0.3, 0.4) is 0 Å². The molecule has 260 valence electrons. The van der Waals surface area contributed by atoms with Gasteiger partial charge in [0.25, 0.3) is 0 Å². The fourth-order valence-corrected chi connectivity index (χ4v) is 11.7. The van der Waals surface area contributed by atoms with E-state index in [0.717, 1.165) is 39.4 Å². The van der Waals surface area contributed by atoms with E-state index in [1.165, 1.54) is 4.90 Å². The van der Waals surface area contributed by atoms with Crippen LogP contribution in [-0.2, 0) is 9.53 Å². The van der Waals surface area contributed by atoms with Gasteiger partial charge in [0.05, 0.1) is 11.4 Å². The number of aryl methyl sites for hydroxylation is 2. The summed E-state index contributed by atoms with van der Waals surface area (Å²) in [5.41, 5.74) is 11.1. The minimum Gasteiger partial charge on any atom is -0.444 e. The van der Waals surface area contributed by atoms with Crippen molar-refractivity contribution in [2.45, 2.75) is 111 Å². The van der Waals surface area contributed by atoms with Crippen LogP contribution in [0.1, 0.15) is 86.2 Å². The van der Waals surface area contributed by atoms with Crippen molar-refractivity contribution in [3.05, 3.63) is 65.7 Å². The van der Waals surface area contributed by atoms with Gasteiger partial charge in [0.15, 0.2) is 0 Å². The van der Waals surface area contributed by atoms with Crippen LogP contribution in [0.15, 0.2) is 48.8 Å². The van der Waals surface area contributed by atoms with E-state index >= 15 is 0 Å². The fraction of sp³-hybridized carbons (Fsp3) is 0.462. The summed E-state index contributed by atoms with van der Waals surface area (Å²) in [5, 5.41) is 2.93. The number of ether oxygens (including phenoxy) is 1. The van der Waals surface area contributed by atoms with Crippen molar-refractivity contribution in [3.8, 4) is 34.0 Å². The van der Waals surface area contributed by atoms with Gasteiger partial charge in [0.1, 0.15) is 36.9 Å². The average molecular weight is 681 g/mol. The van der Waals surface area contributed by atoms with Gasteiger partial charge in [-0.2, -0.15) is 0 Å². The zero-order valence-corrected chi connectivity index (χ0v) is 32.4. The molecule has 4 aromatic heterocycles. The smallest absolute Gasteiger partial charge is 0.410 e. The summed E-state index contributed by atoms with van der Waals surface area (Å²) in [7, 11) is -0.607. The second-order valence-electron chi connectivity index (χ2n) is 14.9. The van der Waals surface area contributed by atoms with Crippen LogP contribution in [0, 0.1) is 25.3 Å². The normalized spacial score (nSPS) is 12.7. The highest BCUT2D eigenvalue weighted by Gasteiger charge is 2.42. The highest BCUT2D eigenvalue weighted by atomic mass is 28.3. The van der Waals surface area contributed by atoms with Crippen molar-refractivity contribution >= 4 is 31.5 Å². The summed E-state index contributed by atoms with van der Waals surface area (Å²) in [5.74, 6) is 3.52. The van der Waals surface area contributed by atoms with Gasteiger partial charge in [-0.15, -0.1) is 5.54 Å². The molecule has 0 aromatic carbocycles. The summed E-state index contributed by atoms with van der Waals surface area (Å²) < 4.78 is 7.55. The lowest BCUT2D eigenvalue weighted by Crippen LogP contribution is -2.45. The highest BCUT2D eigenvalue weighted by molar-refractivity contribution is 6.90. The van der Waals surface area contributed by atoms with Gasteiger partial charge < -0.3 is 10.1 Å². The Morgan fingerprint density at radius 2 is 1.59 bits per heavy atom. The second-order valence-corrected chi connectivity index (χ2v) is 20.5. The molecule has 2 amide bonds. The Hall–Kier alpha value is -4.49. The first-order chi connectivity index (χ1) is 22.8. The van der Waals surface area contributed by atoms with E-state index in [9.17, 15) is 9.59 Å². The van der Waals surface area contributed by atoms with Crippen LogP contribution in [0.2, 0.25) is 16.6 Å². The number of aromatic nitrogens is 4. The molecular formula is C39H52N6O3Si. The summed E-state index contributed by atoms with van der Waals surface area (Å²) >= 11 is 0. The molecule has 49 heavy (non-hydrogen) atoms. The molecule has 9 nitrogen and oxygen atoms in total. The third-order valence-electron chi connectivity index (χ3n) is 9.27. The van der Waals surface area contributed by atoms with Crippen molar-refractivity contribution < 1.29 is 14.3 Å². The van der Waals surface area contributed by atoms with Crippen molar-refractivity contribution in [1.82, 2.24) is 24.3 Å². The van der Waals surface area contributed by atoms with Crippen molar-refractivity contribution in [2.75, 3.05) is 12.4 Å². The number of fused-ring (bicyclic) bond motifs is 1. The van der Waals surface area contributed by atoms with Gasteiger partial charge >= 0.3 is 6.09 Å². The number of imidazole rings is 1. The van der Waals surface area contributed by atoms with E-state index in [0.29, 0.717) is 28.1 Å². The molecule has 0 spiro atoms. The zero-order chi connectivity index (χ0) is 36.4. The SMILES string of the molecule is Cc1ccn2c(-c3ccc(NC(=O)C(C)N(C)C(=O)OC(C)(C)C)nc3C#C[Si](C(C)C)(C(C)C)C(C)C)c(-c3ccc(C)nc3)nc2c1. The molecule has 0 bridgehead atoms. The van der Waals surface area contributed by atoms with Gasteiger partial charge in [-0.3, -0.25) is 19.1 Å². The number of hydrogen-bond donors (Lipinski definition) is 1. The number of nitrogens with one attached hydrogen (secondary N) is 1. The Morgan fingerprint density at radius 3 is 2.16 bits per heavy atom. The Balaban J connectivity index is 1.92. The molecule has 4 heterocycles. The molecule has 0 aliphatic rings. The molecule has 1 atom stereocenters. The van der Waals surface area contributed by atoms with Gasteiger partial charge in [0.2, 0.25) is 5.91 Å². The van der Waals surface area contributed by atoms with Crippen LogP contribution >= 0.6 is 0 Å². The Kier molecular flexibility index (Phi) is 11.1. The van der Waals surface area contributed by atoms with Gasteiger partial charge in [-0.25, -0.2) is 14.8 Å². The van der Waals surface area contributed by atoms with Crippen LogP contribution in [0.5, 0.6) is 0 Å². The van der Waals surface area contributed by atoms with Gasteiger partial charge in [-0.05, 0) is 100 Å². The number of nitrogens with zero attached hydrogens (tertiary/aromatic N) is 5. The number of anilines is 1. The number of rotatable bonds is 8. The number of carbonyl (C=O) groups is 2. The summed E-state index contributed by atoms with van der Waals surface area (Å²) in [6, 6.07) is 11.0. The van der Waals surface area contributed by atoms with E-state index in [-0.39, 0.29) is 5.91 Å². The third kappa shape index (κ3) is 8.05. The van der Waals surface area contributed by atoms with E-state index in [4.69, 9.17) is 14.7 Å². The first-order valence-corrected chi connectivity index (χ1v) is 19.3. The largest absolute Gasteiger partial charge is 0.444 e. The number of amides is 2. The standard InChI is InChI=1S/C39H52N6O3Si/c1-24(2)49(25(3)4,26(5)6)21-19-32-31(16-17-33(41-32)42-37(46)29(9)44(13)38(47)48-39(10,11)12)36-35(30-15-14-28(8)40-23-30)43-34-22-27(7)18-20-45(34)36/h14-18,20,22-26,29H,1-13H3,(H,41,42,46). The number of pyridine rings is 3. The van der Waals surface area contributed by atoms with Crippen LogP contribution in [0.25, 0.3) is 28.2 Å². The second kappa shape index (κ2) is 14.5. The quantitative estimate of drug-likeness (QED) is 0.147. The maximum atomic E-state index is 13.5. The van der Waals surface area contributed by atoms with Crippen molar-refractivity contribution in [1.29, 1.82) is 0 Å². The van der Waals surface area contributed by atoms with Gasteiger partial charge in [0, 0.05) is 36.3 Å². The minimum atomic E-state index is -2.16. The summed E-state index contributed by atoms with van der Waals surface area (Å²) in [6.07, 6.45) is 3.29. The van der Waals surface area contributed by atoms with Crippen LogP contribution < -0.4 is 5.32 Å². The maximum absolute atomic E-state index is 13.5. The molecule has 10 heteroatoms. The van der Waals surface area contributed by atoms with E-state index < -0.39 is 25.8 Å². The number of likely N-dealkylation sites (N-methyl/N-ethyl adjacent to an activating group) is 1. The van der Waals surface area contributed by atoms with E-state index in [1.807, 2.05) is 44.4 Å². The predicted octanol–water partition coefficient (Wildman–Crippen LogP) is 8.84. The van der Waals surface area contributed by atoms with E-state index in [2.05, 4.69) is 79.8 Å². The third-order valence-corrected chi connectivity index (χ3v) is 15.6. The number of hydrogen-bond acceptors (Lipinski definition) is 6. The summed E-state index contributed by atoms with van der Waals surface area (Å²) in [6.45, 7) is 24.7. The Morgan fingerprint density at radius 1 is 0.939 bits per heavy atom. The molecule has 1 unspecified atom stereocenters. The molecule has 0 saturated carbocycles. The number of carbonyl (C=O) groups excluding carboxylic acids is 2. The molecule has 0 saturated heterocycles. The molecule has 0 fully saturated rings. The lowest BCUT2D eigenvalue weighted by molar-refractivity contribution is -0.120. The first-order valence-electron chi connectivity index (χ1n) is 17.1. The Labute approximate surface area is 292 Å². The maximum Gasteiger partial charge on any atom is 0.410 e. The van der Waals surface area contributed by atoms with Gasteiger partial charge in [-0.1, -0.05) is 47.5 Å². The fourth-order valence-electron chi connectivity index (χ4n) is 6.53. The van der Waals surface area contributed by atoms with Crippen molar-refractivity contribution in [2.24, 2.45) is 0 Å². The molecule has 0 aliphatic heterocycles. The summed E-state index contributed by atoms with van der Waals surface area (Å²) in [4.78, 5) is 42.1. The molecule has 4 rings (SSSR count). The van der Waals surface area contributed by atoms with E-state index in [1.54, 1.807) is 40.8 Å². The average Bonchev–Trinajstić information content (AvgIpc) is 3.37. The molecule has 1 N–H and O–H groups in total. The predicted molar refractivity (Wildman–Crippen MR) is 201 cm³/mol. The van der Waals surface area contributed by atoms with Crippen molar-refractivity contribution in [3.63, 3.8) is 0 Å². The zero-order valence-electron chi connectivity index (χ0n) is 31.4. The lowest BCUT2D eigenvalue weighted by atomic mass is 10.0. The van der Waals surface area contributed by atoms with Crippen LogP contribution in [0.4, 0.5) is 10.6 Å².